The molecule has 0 saturated carbocycles. The number of rotatable bonds is 5. The Balaban J connectivity index is 3.13. The predicted octanol–water partition coefficient (Wildman–Crippen LogP) is 1.27. The molecule has 0 aliphatic carbocycles. The van der Waals surface area contributed by atoms with Crippen molar-refractivity contribution >= 4 is 16.0 Å². The molecule has 19 heavy (non-hydrogen) atoms. The lowest BCUT2D eigenvalue weighted by Gasteiger charge is -2.12. The minimum atomic E-state index is -3.82. The fourth-order valence-corrected chi connectivity index (χ4v) is 2.78. The molecule has 0 aliphatic heterocycles. The molecule has 0 fully saturated rings. The lowest BCUT2D eigenvalue weighted by Crippen LogP contribution is -2.32. The number of aryl methyl sites for hydroxylation is 1. The van der Waals surface area contributed by atoms with Crippen LogP contribution in [0.25, 0.3) is 0 Å². The van der Waals surface area contributed by atoms with E-state index in [0.29, 0.717) is 5.56 Å². The Hall–Kier alpha value is -1.91. The first-order valence-corrected chi connectivity index (χ1v) is 6.99. The largest absolute Gasteiger partial charge is 0.478 e. The van der Waals surface area contributed by atoms with Crippen molar-refractivity contribution in [2.75, 3.05) is 0 Å². The van der Waals surface area contributed by atoms with Gasteiger partial charge in [-0.2, -0.15) is 5.26 Å². The molecular formula is C12H14N2O4S. The molecule has 0 amide bonds. The summed E-state index contributed by atoms with van der Waals surface area (Å²) in [5.74, 6) is -1.18. The van der Waals surface area contributed by atoms with Gasteiger partial charge in [-0.25, -0.2) is 17.9 Å². The highest BCUT2D eigenvalue weighted by molar-refractivity contribution is 7.89. The Labute approximate surface area is 111 Å². The molecule has 7 heteroatoms. The van der Waals surface area contributed by atoms with E-state index in [1.54, 1.807) is 13.8 Å². The van der Waals surface area contributed by atoms with Gasteiger partial charge in [0.25, 0.3) is 0 Å². The zero-order valence-electron chi connectivity index (χ0n) is 10.5. The van der Waals surface area contributed by atoms with Crippen LogP contribution in [-0.4, -0.2) is 25.5 Å². The first-order valence-electron chi connectivity index (χ1n) is 5.51. The molecule has 0 heterocycles. The molecule has 2 N–H and O–H groups in total. The standard InChI is InChI=1S/C12H14N2O4S/c1-8-3-4-10(7-11(8)12(15)16)19(17,18)14-9(2)5-6-13/h3-4,7,9,14H,5H2,1-2H3,(H,15,16). The van der Waals surface area contributed by atoms with Crippen LogP contribution in [0.15, 0.2) is 23.1 Å². The van der Waals surface area contributed by atoms with Crippen LogP contribution in [0, 0.1) is 18.3 Å². The Bertz CT molecular complexity index is 632. The van der Waals surface area contributed by atoms with Crippen LogP contribution in [0.4, 0.5) is 0 Å². The lowest BCUT2D eigenvalue weighted by molar-refractivity contribution is 0.0696. The second kappa shape index (κ2) is 5.82. The maximum Gasteiger partial charge on any atom is 0.335 e. The van der Waals surface area contributed by atoms with Crippen molar-refractivity contribution in [3.8, 4) is 6.07 Å². The Morgan fingerprint density at radius 1 is 1.53 bits per heavy atom. The normalized spacial score (nSPS) is 12.7. The monoisotopic (exact) mass is 282 g/mol. The molecule has 1 unspecified atom stereocenters. The SMILES string of the molecule is Cc1ccc(S(=O)(=O)NC(C)CC#N)cc1C(=O)O. The van der Waals surface area contributed by atoms with Crippen LogP contribution in [0.3, 0.4) is 0 Å². The van der Waals surface area contributed by atoms with Gasteiger partial charge in [0.2, 0.25) is 10.0 Å². The summed E-state index contributed by atoms with van der Waals surface area (Å²) in [4.78, 5) is 10.8. The van der Waals surface area contributed by atoms with Crippen LogP contribution >= 0.6 is 0 Å². The molecule has 0 spiro atoms. The van der Waals surface area contributed by atoms with Crippen LogP contribution in [0.1, 0.15) is 29.3 Å². The minimum Gasteiger partial charge on any atom is -0.478 e. The van der Waals surface area contributed by atoms with Crippen LogP contribution in [-0.2, 0) is 10.0 Å². The zero-order valence-corrected chi connectivity index (χ0v) is 11.4. The molecule has 0 radical (unpaired) electrons. The number of hydrogen-bond acceptors (Lipinski definition) is 4. The fourth-order valence-electron chi connectivity index (χ4n) is 1.51. The highest BCUT2D eigenvalue weighted by Crippen LogP contribution is 2.16. The van der Waals surface area contributed by atoms with Gasteiger partial charge in [0.05, 0.1) is 22.9 Å². The maximum absolute atomic E-state index is 12.0. The highest BCUT2D eigenvalue weighted by Gasteiger charge is 2.19. The van der Waals surface area contributed by atoms with Gasteiger partial charge in [-0.3, -0.25) is 0 Å². The number of nitrogens with one attached hydrogen (secondary N) is 1. The van der Waals surface area contributed by atoms with Gasteiger partial charge in [0.1, 0.15) is 0 Å². The molecular weight excluding hydrogens is 268 g/mol. The Morgan fingerprint density at radius 3 is 2.68 bits per heavy atom. The molecule has 1 rings (SSSR count). The number of carbonyl (C=O) groups is 1. The van der Waals surface area contributed by atoms with Crippen molar-refractivity contribution < 1.29 is 18.3 Å². The molecule has 6 nitrogen and oxygen atoms in total. The number of hydrogen-bond donors (Lipinski definition) is 2. The van der Waals surface area contributed by atoms with Gasteiger partial charge in [-0.1, -0.05) is 6.07 Å². The Morgan fingerprint density at radius 2 is 2.16 bits per heavy atom. The summed E-state index contributed by atoms with van der Waals surface area (Å²) in [5.41, 5.74) is 0.423. The minimum absolute atomic E-state index is 0.0386. The molecule has 0 bridgehead atoms. The zero-order chi connectivity index (χ0) is 14.6. The first kappa shape index (κ1) is 15.1. The quantitative estimate of drug-likeness (QED) is 0.845. The van der Waals surface area contributed by atoms with Crippen LogP contribution in [0.5, 0.6) is 0 Å². The van der Waals surface area contributed by atoms with E-state index in [0.717, 1.165) is 6.07 Å². The van der Waals surface area contributed by atoms with Gasteiger partial charge in [0.15, 0.2) is 0 Å². The van der Waals surface area contributed by atoms with E-state index >= 15 is 0 Å². The number of aromatic carboxylic acids is 1. The second-order valence-electron chi connectivity index (χ2n) is 4.17. The van der Waals surface area contributed by atoms with Gasteiger partial charge < -0.3 is 5.11 Å². The summed E-state index contributed by atoms with van der Waals surface area (Å²) in [6.07, 6.45) is 0.0386. The van der Waals surface area contributed by atoms with E-state index in [2.05, 4.69) is 4.72 Å². The van der Waals surface area contributed by atoms with Gasteiger partial charge in [-0.05, 0) is 31.5 Å². The number of nitriles is 1. The summed E-state index contributed by atoms with van der Waals surface area (Å²) in [5, 5.41) is 17.5. The highest BCUT2D eigenvalue weighted by atomic mass is 32.2. The number of nitrogens with zero attached hydrogens (tertiary/aromatic N) is 1. The van der Waals surface area contributed by atoms with Crippen LogP contribution in [0.2, 0.25) is 0 Å². The van der Waals surface area contributed by atoms with Crippen molar-refractivity contribution in [2.24, 2.45) is 0 Å². The van der Waals surface area contributed by atoms with E-state index in [1.807, 2.05) is 6.07 Å². The fraction of sp³-hybridized carbons (Fsp3) is 0.333. The average molecular weight is 282 g/mol. The summed E-state index contributed by atoms with van der Waals surface area (Å²) in [6.45, 7) is 3.15. The second-order valence-corrected chi connectivity index (χ2v) is 5.88. The van der Waals surface area contributed by atoms with Gasteiger partial charge in [-0.15, -0.1) is 0 Å². The molecule has 0 aromatic heterocycles. The van der Waals surface area contributed by atoms with Crippen molar-refractivity contribution in [3.63, 3.8) is 0 Å². The van der Waals surface area contributed by atoms with E-state index in [9.17, 15) is 13.2 Å². The molecule has 1 aromatic carbocycles. The van der Waals surface area contributed by atoms with Crippen molar-refractivity contribution in [3.05, 3.63) is 29.3 Å². The summed E-state index contributed by atoms with van der Waals surface area (Å²) >= 11 is 0. The maximum atomic E-state index is 12.0. The third kappa shape index (κ3) is 3.77. The van der Waals surface area contributed by atoms with E-state index in [1.165, 1.54) is 12.1 Å². The van der Waals surface area contributed by atoms with Gasteiger partial charge in [0, 0.05) is 6.04 Å². The third-order valence-corrected chi connectivity index (χ3v) is 4.09. The van der Waals surface area contributed by atoms with E-state index in [4.69, 9.17) is 10.4 Å². The topological polar surface area (TPSA) is 107 Å². The number of carboxylic acids is 1. The smallest absolute Gasteiger partial charge is 0.335 e. The average Bonchev–Trinajstić information content (AvgIpc) is 2.28. The van der Waals surface area contributed by atoms with Crippen molar-refractivity contribution in [1.29, 1.82) is 5.26 Å². The molecule has 1 atom stereocenters. The van der Waals surface area contributed by atoms with Gasteiger partial charge >= 0.3 is 5.97 Å². The van der Waals surface area contributed by atoms with E-state index < -0.39 is 22.0 Å². The molecule has 102 valence electrons. The summed E-state index contributed by atoms with van der Waals surface area (Å²) in [7, 11) is -3.82. The molecule has 0 saturated heterocycles. The summed E-state index contributed by atoms with van der Waals surface area (Å²) < 4.78 is 26.3. The number of carboxylic acid groups (broad SMARTS) is 1. The first-order chi connectivity index (χ1) is 8.77. The van der Waals surface area contributed by atoms with Crippen molar-refractivity contribution in [1.82, 2.24) is 4.72 Å². The lowest BCUT2D eigenvalue weighted by atomic mass is 10.1. The number of sulfonamides is 1. The Kier molecular flexibility index (Phi) is 4.64. The number of benzene rings is 1. The third-order valence-electron chi connectivity index (χ3n) is 2.50. The molecule has 0 aliphatic rings. The van der Waals surface area contributed by atoms with Crippen molar-refractivity contribution in [2.45, 2.75) is 31.2 Å². The van der Waals surface area contributed by atoms with E-state index in [-0.39, 0.29) is 16.9 Å². The summed E-state index contributed by atoms with van der Waals surface area (Å²) in [6, 6.07) is 5.21. The van der Waals surface area contributed by atoms with Crippen LogP contribution < -0.4 is 4.72 Å². The predicted molar refractivity (Wildman–Crippen MR) is 68.2 cm³/mol. The molecule has 1 aromatic rings.